The number of hydrogen-bond acceptors (Lipinski definition) is 3. The Bertz CT molecular complexity index is 471. The highest BCUT2D eigenvalue weighted by Crippen LogP contribution is 2.14. The van der Waals surface area contributed by atoms with Crippen molar-refractivity contribution in [2.75, 3.05) is 32.1 Å². The summed E-state index contributed by atoms with van der Waals surface area (Å²) >= 11 is 4.97. The molecule has 0 saturated carbocycles. The minimum absolute atomic E-state index is 0.0147. The fraction of sp³-hybridized carbons (Fsp3) is 0.467. The molecule has 0 bridgehead atoms. The summed E-state index contributed by atoms with van der Waals surface area (Å²) in [5, 5.41) is 0. The molecule has 0 aromatic heterocycles. The van der Waals surface area contributed by atoms with Gasteiger partial charge in [0.15, 0.2) is 0 Å². The van der Waals surface area contributed by atoms with E-state index in [0.29, 0.717) is 23.6 Å². The molecule has 1 rings (SSSR count). The van der Waals surface area contributed by atoms with Crippen molar-refractivity contribution in [3.63, 3.8) is 0 Å². The van der Waals surface area contributed by atoms with Crippen LogP contribution in [0.5, 0.6) is 0 Å². The monoisotopic (exact) mass is 293 g/mol. The number of anilines is 1. The maximum Gasteiger partial charge on any atom is 0.253 e. The second-order valence-corrected chi connectivity index (χ2v) is 5.56. The minimum Gasteiger partial charge on any atom is -0.393 e. The Morgan fingerprint density at radius 2 is 1.85 bits per heavy atom. The quantitative estimate of drug-likeness (QED) is 0.816. The number of rotatable bonds is 6. The first-order chi connectivity index (χ1) is 9.36. The van der Waals surface area contributed by atoms with Crippen LogP contribution in [0, 0.1) is 5.92 Å². The number of carbonyl (C=O) groups excluding carboxylic acids is 1. The number of hydrogen-bond donors (Lipinski definition) is 1. The lowest BCUT2D eigenvalue weighted by atomic mass is 10.1. The van der Waals surface area contributed by atoms with E-state index in [9.17, 15) is 4.79 Å². The van der Waals surface area contributed by atoms with E-state index in [4.69, 9.17) is 18.0 Å². The van der Waals surface area contributed by atoms with Gasteiger partial charge in [-0.25, -0.2) is 0 Å². The summed E-state index contributed by atoms with van der Waals surface area (Å²) in [6.07, 6.45) is 0. The molecule has 0 aliphatic carbocycles. The van der Waals surface area contributed by atoms with E-state index in [1.165, 1.54) is 0 Å². The number of nitrogens with zero attached hydrogens (tertiary/aromatic N) is 2. The smallest absolute Gasteiger partial charge is 0.253 e. The van der Waals surface area contributed by atoms with Crippen LogP contribution in [0.3, 0.4) is 0 Å². The van der Waals surface area contributed by atoms with Gasteiger partial charge in [-0.3, -0.25) is 4.79 Å². The third kappa shape index (κ3) is 4.20. The van der Waals surface area contributed by atoms with E-state index < -0.39 is 0 Å². The van der Waals surface area contributed by atoms with Crippen LogP contribution in [0.2, 0.25) is 0 Å². The largest absolute Gasteiger partial charge is 0.393 e. The van der Waals surface area contributed by atoms with Gasteiger partial charge < -0.3 is 15.5 Å². The molecule has 110 valence electrons. The Hall–Kier alpha value is -1.62. The van der Waals surface area contributed by atoms with Crippen molar-refractivity contribution >= 4 is 28.8 Å². The first-order valence-electron chi connectivity index (χ1n) is 6.72. The topological polar surface area (TPSA) is 49.6 Å². The fourth-order valence-corrected chi connectivity index (χ4v) is 1.94. The Labute approximate surface area is 126 Å². The first kappa shape index (κ1) is 16.4. The van der Waals surface area contributed by atoms with E-state index in [1.807, 2.05) is 57.1 Å². The fourth-order valence-electron chi connectivity index (χ4n) is 1.86. The van der Waals surface area contributed by atoms with Gasteiger partial charge in [0.05, 0.1) is 4.99 Å². The molecule has 1 aromatic rings. The molecule has 0 aliphatic rings. The molecule has 0 aliphatic heterocycles. The van der Waals surface area contributed by atoms with Gasteiger partial charge in [0.2, 0.25) is 0 Å². The molecule has 0 fully saturated rings. The summed E-state index contributed by atoms with van der Waals surface area (Å²) < 4.78 is 0. The number of nitrogens with two attached hydrogens (primary N) is 1. The van der Waals surface area contributed by atoms with Gasteiger partial charge in [-0.15, -0.1) is 0 Å². The number of amides is 1. The predicted molar refractivity (Wildman–Crippen MR) is 88.3 cm³/mol. The normalized spacial score (nSPS) is 11.8. The van der Waals surface area contributed by atoms with Crippen LogP contribution < -0.4 is 10.6 Å². The Morgan fingerprint density at radius 1 is 1.30 bits per heavy atom. The summed E-state index contributed by atoms with van der Waals surface area (Å²) in [4.78, 5) is 16.7. The molecule has 0 radical (unpaired) electrons. The van der Waals surface area contributed by atoms with Crippen LogP contribution in [-0.2, 0) is 0 Å². The third-order valence-corrected chi connectivity index (χ3v) is 3.68. The Morgan fingerprint density at radius 3 is 2.25 bits per heavy atom. The third-order valence-electron chi connectivity index (χ3n) is 3.28. The van der Waals surface area contributed by atoms with Crippen molar-refractivity contribution in [2.45, 2.75) is 13.8 Å². The first-order valence-corrected chi connectivity index (χ1v) is 7.13. The van der Waals surface area contributed by atoms with Crippen molar-refractivity contribution in [3.05, 3.63) is 29.8 Å². The lowest BCUT2D eigenvalue weighted by molar-refractivity contribution is 0.0755. The van der Waals surface area contributed by atoms with Crippen molar-refractivity contribution in [1.29, 1.82) is 0 Å². The van der Waals surface area contributed by atoms with E-state index in [2.05, 4.69) is 0 Å². The molecule has 1 atom stereocenters. The lowest BCUT2D eigenvalue weighted by Gasteiger charge is -2.24. The zero-order chi connectivity index (χ0) is 15.3. The molecule has 20 heavy (non-hydrogen) atoms. The second kappa shape index (κ2) is 7.24. The van der Waals surface area contributed by atoms with Gasteiger partial charge in [0.25, 0.3) is 5.91 Å². The Balaban J connectivity index is 2.83. The summed E-state index contributed by atoms with van der Waals surface area (Å²) in [5.41, 5.74) is 7.38. The predicted octanol–water partition coefficient (Wildman–Crippen LogP) is 2.14. The van der Waals surface area contributed by atoms with Crippen LogP contribution in [0.25, 0.3) is 0 Å². The van der Waals surface area contributed by atoms with Gasteiger partial charge in [0, 0.05) is 44.4 Å². The van der Waals surface area contributed by atoms with Crippen LogP contribution in [0.15, 0.2) is 24.3 Å². The average Bonchev–Trinajstić information content (AvgIpc) is 2.43. The lowest BCUT2D eigenvalue weighted by Crippen LogP contribution is -2.38. The van der Waals surface area contributed by atoms with Crippen LogP contribution in [0.1, 0.15) is 24.2 Å². The van der Waals surface area contributed by atoms with Gasteiger partial charge in [0.1, 0.15) is 0 Å². The SMILES string of the molecule is CCN(CC(C)C(N)=S)C(=O)c1ccc(N(C)C)cc1. The van der Waals surface area contributed by atoms with Crippen molar-refractivity contribution in [1.82, 2.24) is 4.90 Å². The second-order valence-electron chi connectivity index (χ2n) is 5.09. The summed E-state index contributed by atoms with van der Waals surface area (Å²) in [6, 6.07) is 7.59. The highest BCUT2D eigenvalue weighted by molar-refractivity contribution is 7.80. The number of benzene rings is 1. The van der Waals surface area contributed by atoms with Gasteiger partial charge in [-0.05, 0) is 31.2 Å². The molecular formula is C15H23N3OS. The van der Waals surface area contributed by atoms with Crippen LogP contribution in [-0.4, -0.2) is 43.0 Å². The van der Waals surface area contributed by atoms with E-state index in [-0.39, 0.29) is 11.8 Å². The van der Waals surface area contributed by atoms with Crippen LogP contribution >= 0.6 is 12.2 Å². The molecule has 5 heteroatoms. The highest BCUT2D eigenvalue weighted by atomic mass is 32.1. The molecule has 0 spiro atoms. The molecule has 1 unspecified atom stereocenters. The Kier molecular flexibility index (Phi) is 5.95. The highest BCUT2D eigenvalue weighted by Gasteiger charge is 2.18. The maximum absolute atomic E-state index is 12.4. The molecule has 0 heterocycles. The molecule has 0 saturated heterocycles. The van der Waals surface area contributed by atoms with E-state index in [1.54, 1.807) is 4.90 Å². The van der Waals surface area contributed by atoms with E-state index >= 15 is 0 Å². The molecule has 1 aromatic carbocycles. The van der Waals surface area contributed by atoms with Crippen molar-refractivity contribution < 1.29 is 4.79 Å². The summed E-state index contributed by atoms with van der Waals surface area (Å²) in [5.74, 6) is 0.0378. The molecule has 2 N–H and O–H groups in total. The molecule has 1 amide bonds. The summed E-state index contributed by atoms with van der Waals surface area (Å²) in [7, 11) is 3.94. The average molecular weight is 293 g/mol. The van der Waals surface area contributed by atoms with Crippen molar-refractivity contribution in [2.24, 2.45) is 11.7 Å². The van der Waals surface area contributed by atoms with Crippen LogP contribution in [0.4, 0.5) is 5.69 Å². The molecule has 4 nitrogen and oxygen atoms in total. The van der Waals surface area contributed by atoms with Gasteiger partial charge in [-0.1, -0.05) is 19.1 Å². The number of thiocarbonyl (C=S) groups is 1. The van der Waals surface area contributed by atoms with Gasteiger partial charge in [-0.2, -0.15) is 0 Å². The van der Waals surface area contributed by atoms with Crippen molar-refractivity contribution in [3.8, 4) is 0 Å². The molecular weight excluding hydrogens is 270 g/mol. The maximum atomic E-state index is 12.4. The minimum atomic E-state index is 0.0147. The zero-order valence-corrected chi connectivity index (χ0v) is 13.4. The number of carbonyl (C=O) groups is 1. The summed E-state index contributed by atoms with van der Waals surface area (Å²) in [6.45, 7) is 5.09. The standard InChI is InChI=1S/C15H23N3OS/c1-5-18(10-11(2)14(16)20)15(19)12-6-8-13(9-7-12)17(3)4/h6-9,11H,5,10H2,1-4H3,(H2,16,20). The van der Waals surface area contributed by atoms with Gasteiger partial charge >= 0.3 is 0 Å². The zero-order valence-electron chi connectivity index (χ0n) is 12.6. The van der Waals surface area contributed by atoms with E-state index in [0.717, 1.165) is 5.69 Å².